The second-order valence-electron chi connectivity index (χ2n) is 5.19. The van der Waals surface area contributed by atoms with E-state index in [-0.39, 0.29) is 25.1 Å². The second-order valence-corrected chi connectivity index (χ2v) is 6.05. The van der Waals surface area contributed by atoms with Crippen LogP contribution in [0.2, 0.25) is 0 Å². The van der Waals surface area contributed by atoms with E-state index in [0.717, 1.165) is 0 Å². The van der Waals surface area contributed by atoms with E-state index in [1.807, 2.05) is 0 Å². The molecule has 1 heterocycles. The first-order valence-corrected chi connectivity index (χ1v) is 7.38. The molecule has 1 aliphatic heterocycles. The number of carboxylic acid groups (broad SMARTS) is 1. The van der Waals surface area contributed by atoms with Gasteiger partial charge in [0.15, 0.2) is 0 Å². The van der Waals surface area contributed by atoms with Crippen molar-refractivity contribution in [2.45, 2.75) is 18.9 Å². The number of halogens is 1. The van der Waals surface area contributed by atoms with Gasteiger partial charge in [0.1, 0.15) is 11.8 Å². The maximum atomic E-state index is 12.0. The lowest BCUT2D eigenvalue weighted by Gasteiger charge is -2.24. The maximum absolute atomic E-state index is 12.0. The van der Waals surface area contributed by atoms with Crippen LogP contribution >= 0.6 is 15.9 Å². The highest BCUT2D eigenvalue weighted by atomic mass is 79.9. The molecule has 1 fully saturated rings. The van der Waals surface area contributed by atoms with Crippen molar-refractivity contribution in [1.82, 2.24) is 4.90 Å². The molecular formula is C14H15BrN2O5. The Hall–Kier alpha value is -2.09. The van der Waals surface area contributed by atoms with Crippen molar-refractivity contribution in [3.8, 4) is 5.75 Å². The van der Waals surface area contributed by atoms with Crippen LogP contribution < -0.4 is 5.73 Å². The average Bonchev–Trinajstić information content (AvgIpc) is 2.82. The zero-order chi connectivity index (χ0) is 16.4. The summed E-state index contributed by atoms with van der Waals surface area (Å²) in [6, 6.07) is 3.55. The largest absolute Gasteiger partial charge is 0.507 e. The van der Waals surface area contributed by atoms with Gasteiger partial charge in [0.2, 0.25) is 11.8 Å². The highest BCUT2D eigenvalue weighted by Gasteiger charge is 2.39. The lowest BCUT2D eigenvalue weighted by atomic mass is 10.0. The maximum Gasteiger partial charge on any atom is 0.326 e. The van der Waals surface area contributed by atoms with Crippen LogP contribution in [0.3, 0.4) is 0 Å². The molecule has 1 unspecified atom stereocenters. The standard InChI is InChI=1S/C14H15BrN2O5/c15-9-3-7(1-2-11(9)18)4-10(14(21)22)17-6-8(13(16)20)5-12(17)19/h1-3,8,10,18H,4-6H2,(H2,16,20)(H,21,22)/t8?,10-/m0/s1. The monoisotopic (exact) mass is 370 g/mol. The molecule has 22 heavy (non-hydrogen) atoms. The summed E-state index contributed by atoms with van der Waals surface area (Å²) in [5, 5.41) is 18.8. The number of amides is 2. The van der Waals surface area contributed by atoms with E-state index in [1.54, 1.807) is 12.1 Å². The molecule has 4 N–H and O–H groups in total. The molecule has 118 valence electrons. The van der Waals surface area contributed by atoms with E-state index in [9.17, 15) is 24.6 Å². The van der Waals surface area contributed by atoms with Gasteiger partial charge < -0.3 is 20.8 Å². The fourth-order valence-corrected chi connectivity index (χ4v) is 2.88. The van der Waals surface area contributed by atoms with Gasteiger partial charge in [-0.2, -0.15) is 0 Å². The molecule has 0 spiro atoms. The molecule has 2 amide bonds. The van der Waals surface area contributed by atoms with Crippen LogP contribution in [0.1, 0.15) is 12.0 Å². The predicted octanol–water partition coefficient (Wildman–Crippen LogP) is 0.484. The zero-order valence-corrected chi connectivity index (χ0v) is 13.1. The Morgan fingerprint density at radius 2 is 2.14 bits per heavy atom. The fraction of sp³-hybridized carbons (Fsp3) is 0.357. The van der Waals surface area contributed by atoms with Gasteiger partial charge in [0.05, 0.1) is 10.4 Å². The van der Waals surface area contributed by atoms with E-state index >= 15 is 0 Å². The molecule has 0 bridgehead atoms. The number of nitrogens with two attached hydrogens (primary N) is 1. The van der Waals surface area contributed by atoms with Crippen molar-refractivity contribution < 1.29 is 24.6 Å². The summed E-state index contributed by atoms with van der Waals surface area (Å²) in [6.07, 6.45) is 0.0177. The summed E-state index contributed by atoms with van der Waals surface area (Å²) in [5.41, 5.74) is 5.83. The molecule has 0 radical (unpaired) electrons. The number of carbonyl (C=O) groups excluding carboxylic acids is 2. The van der Waals surface area contributed by atoms with Crippen LogP contribution in [0.25, 0.3) is 0 Å². The van der Waals surface area contributed by atoms with Crippen LogP contribution in [0.5, 0.6) is 5.75 Å². The highest BCUT2D eigenvalue weighted by Crippen LogP contribution is 2.27. The molecule has 2 atom stereocenters. The normalized spacial score (nSPS) is 19.2. The number of benzene rings is 1. The lowest BCUT2D eigenvalue weighted by molar-refractivity contribution is -0.148. The predicted molar refractivity (Wildman–Crippen MR) is 79.9 cm³/mol. The van der Waals surface area contributed by atoms with Gasteiger partial charge >= 0.3 is 5.97 Å². The molecule has 1 aromatic carbocycles. The minimum absolute atomic E-state index is 0.0182. The molecule has 1 aromatic rings. The minimum Gasteiger partial charge on any atom is -0.507 e. The summed E-state index contributed by atoms with van der Waals surface area (Å²) in [7, 11) is 0. The summed E-state index contributed by atoms with van der Waals surface area (Å²) in [5.74, 6) is -2.76. The van der Waals surface area contributed by atoms with Crippen LogP contribution in [-0.2, 0) is 20.8 Å². The Kier molecular flexibility index (Phi) is 4.70. The minimum atomic E-state index is -1.15. The molecule has 1 aliphatic rings. The number of carboxylic acids is 1. The first kappa shape index (κ1) is 16.3. The Labute approximate surface area is 134 Å². The molecule has 7 nitrogen and oxygen atoms in total. The first-order chi connectivity index (χ1) is 10.3. The summed E-state index contributed by atoms with van der Waals surface area (Å²) < 4.78 is 0.442. The van der Waals surface area contributed by atoms with Crippen molar-refractivity contribution in [3.63, 3.8) is 0 Å². The van der Waals surface area contributed by atoms with E-state index in [2.05, 4.69) is 15.9 Å². The van der Waals surface area contributed by atoms with Gasteiger partial charge in [-0.05, 0) is 33.6 Å². The number of likely N-dealkylation sites (tertiary alicyclic amines) is 1. The van der Waals surface area contributed by atoms with Gasteiger partial charge in [-0.15, -0.1) is 0 Å². The van der Waals surface area contributed by atoms with E-state index in [4.69, 9.17) is 5.73 Å². The number of carbonyl (C=O) groups is 3. The molecule has 1 saturated heterocycles. The summed E-state index contributed by atoms with van der Waals surface area (Å²) in [4.78, 5) is 35.8. The second kappa shape index (κ2) is 6.35. The number of hydrogen-bond acceptors (Lipinski definition) is 4. The number of aromatic hydroxyl groups is 1. The SMILES string of the molecule is NC(=O)C1CC(=O)N([C@@H](Cc2ccc(O)c(Br)c2)C(=O)O)C1. The highest BCUT2D eigenvalue weighted by molar-refractivity contribution is 9.10. The van der Waals surface area contributed by atoms with Gasteiger partial charge in [0, 0.05) is 19.4 Å². The van der Waals surface area contributed by atoms with Crippen molar-refractivity contribution in [3.05, 3.63) is 28.2 Å². The van der Waals surface area contributed by atoms with E-state index < -0.39 is 29.7 Å². The smallest absolute Gasteiger partial charge is 0.326 e. The quantitative estimate of drug-likeness (QED) is 0.696. The molecule has 2 rings (SSSR count). The number of phenolic OH excluding ortho intramolecular Hbond substituents is 1. The Morgan fingerprint density at radius 3 is 2.64 bits per heavy atom. The van der Waals surface area contributed by atoms with E-state index in [0.29, 0.717) is 10.0 Å². The third-order valence-corrected chi connectivity index (χ3v) is 4.30. The molecule has 0 aromatic heterocycles. The first-order valence-electron chi connectivity index (χ1n) is 6.58. The Bertz CT molecular complexity index is 634. The summed E-state index contributed by atoms with van der Waals surface area (Å²) in [6.45, 7) is 0.0182. The third kappa shape index (κ3) is 3.38. The summed E-state index contributed by atoms with van der Waals surface area (Å²) >= 11 is 3.16. The molecular weight excluding hydrogens is 356 g/mol. The van der Waals surface area contributed by atoms with Crippen molar-refractivity contribution >= 4 is 33.7 Å². The number of rotatable bonds is 5. The third-order valence-electron chi connectivity index (χ3n) is 3.66. The molecule has 0 aliphatic carbocycles. The van der Waals surface area contributed by atoms with Gasteiger partial charge in [-0.1, -0.05) is 6.07 Å². The van der Waals surface area contributed by atoms with Crippen LogP contribution in [0.15, 0.2) is 22.7 Å². The molecule has 8 heteroatoms. The van der Waals surface area contributed by atoms with Crippen molar-refractivity contribution in [1.29, 1.82) is 0 Å². The average molecular weight is 371 g/mol. The lowest BCUT2D eigenvalue weighted by Crippen LogP contribution is -2.44. The number of aliphatic carboxylic acids is 1. The Morgan fingerprint density at radius 1 is 1.45 bits per heavy atom. The van der Waals surface area contributed by atoms with Gasteiger partial charge in [0.25, 0.3) is 0 Å². The zero-order valence-electron chi connectivity index (χ0n) is 11.5. The van der Waals surface area contributed by atoms with Crippen LogP contribution in [-0.4, -0.2) is 45.5 Å². The van der Waals surface area contributed by atoms with Crippen LogP contribution in [0.4, 0.5) is 0 Å². The van der Waals surface area contributed by atoms with Crippen molar-refractivity contribution in [2.24, 2.45) is 11.7 Å². The fourth-order valence-electron chi connectivity index (χ4n) is 2.45. The number of primary amides is 1. The number of phenols is 1. The van der Waals surface area contributed by atoms with Gasteiger partial charge in [-0.3, -0.25) is 9.59 Å². The van der Waals surface area contributed by atoms with Gasteiger partial charge in [-0.25, -0.2) is 4.79 Å². The Balaban J connectivity index is 2.20. The topological polar surface area (TPSA) is 121 Å². The van der Waals surface area contributed by atoms with E-state index in [1.165, 1.54) is 11.0 Å². The molecule has 0 saturated carbocycles. The van der Waals surface area contributed by atoms with Crippen molar-refractivity contribution in [2.75, 3.05) is 6.54 Å². The van der Waals surface area contributed by atoms with Crippen LogP contribution in [0, 0.1) is 5.92 Å². The number of nitrogens with zero attached hydrogens (tertiary/aromatic N) is 1. The number of hydrogen-bond donors (Lipinski definition) is 3.